The summed E-state index contributed by atoms with van der Waals surface area (Å²) in [7, 11) is 3.10. The fourth-order valence-corrected chi connectivity index (χ4v) is 5.13. The molecule has 1 aromatic heterocycles. The van der Waals surface area contributed by atoms with Gasteiger partial charge < -0.3 is 18.9 Å². The van der Waals surface area contributed by atoms with Crippen LogP contribution in [0.1, 0.15) is 31.0 Å². The molecule has 0 amide bonds. The first-order valence-corrected chi connectivity index (χ1v) is 12.4. The fraction of sp³-hybridized carbons (Fsp3) is 0.214. The molecule has 10 heteroatoms. The number of benzene rings is 2. The van der Waals surface area contributed by atoms with Crippen LogP contribution in [0.5, 0.6) is 17.2 Å². The number of carbonyl (C=O) groups is 2. The van der Waals surface area contributed by atoms with Gasteiger partial charge in [-0.1, -0.05) is 36.1 Å². The molecule has 0 fully saturated rings. The molecule has 2 heterocycles. The van der Waals surface area contributed by atoms with Gasteiger partial charge in [-0.2, -0.15) is 0 Å². The predicted octanol–water partition coefficient (Wildman–Crippen LogP) is 2.91. The summed E-state index contributed by atoms with van der Waals surface area (Å²) in [5.41, 5.74) is 1.59. The van der Waals surface area contributed by atoms with Crippen molar-refractivity contribution in [3.05, 3.63) is 97.2 Å². The third kappa shape index (κ3) is 5.30. The van der Waals surface area contributed by atoms with Crippen molar-refractivity contribution in [2.75, 3.05) is 20.8 Å². The molecule has 0 N–H and O–H groups in total. The highest BCUT2D eigenvalue weighted by Crippen LogP contribution is 2.32. The first-order valence-electron chi connectivity index (χ1n) is 11.6. The van der Waals surface area contributed by atoms with Gasteiger partial charge in [-0.15, -0.1) is 0 Å². The lowest BCUT2D eigenvalue weighted by Crippen LogP contribution is -2.39. The van der Waals surface area contributed by atoms with E-state index < -0.39 is 18.0 Å². The van der Waals surface area contributed by atoms with Gasteiger partial charge in [0.05, 0.1) is 36.1 Å². The van der Waals surface area contributed by atoms with Gasteiger partial charge in [-0.3, -0.25) is 14.2 Å². The van der Waals surface area contributed by atoms with Crippen LogP contribution >= 0.6 is 11.3 Å². The van der Waals surface area contributed by atoms with Gasteiger partial charge in [0.25, 0.3) is 5.56 Å². The number of nitrogens with zero attached hydrogens (tertiary/aromatic N) is 2. The van der Waals surface area contributed by atoms with Gasteiger partial charge >= 0.3 is 11.9 Å². The minimum Gasteiger partial charge on any atom is -0.497 e. The molecule has 4 rings (SSSR count). The topological polar surface area (TPSA) is 105 Å². The summed E-state index contributed by atoms with van der Waals surface area (Å²) in [6, 6.07) is 11.1. The van der Waals surface area contributed by atoms with E-state index in [1.54, 1.807) is 69.7 Å². The molecule has 9 nitrogen and oxygen atoms in total. The average molecular weight is 535 g/mol. The molecular weight excluding hydrogens is 508 g/mol. The van der Waals surface area contributed by atoms with Crippen molar-refractivity contribution in [1.29, 1.82) is 0 Å². The Morgan fingerprint density at radius 3 is 2.45 bits per heavy atom. The van der Waals surface area contributed by atoms with Crippen LogP contribution in [-0.4, -0.2) is 37.3 Å². The third-order valence-electron chi connectivity index (χ3n) is 5.75. The first kappa shape index (κ1) is 26.6. The summed E-state index contributed by atoms with van der Waals surface area (Å²) in [5.74, 6) is 0.458. The highest BCUT2D eigenvalue weighted by molar-refractivity contribution is 7.07. The Hall–Kier alpha value is -4.44. The van der Waals surface area contributed by atoms with Crippen molar-refractivity contribution < 1.29 is 28.5 Å². The summed E-state index contributed by atoms with van der Waals surface area (Å²) in [6.45, 7) is 6.61. The maximum atomic E-state index is 13.8. The van der Waals surface area contributed by atoms with Crippen LogP contribution < -0.4 is 29.1 Å². The van der Waals surface area contributed by atoms with E-state index in [2.05, 4.69) is 11.6 Å². The van der Waals surface area contributed by atoms with E-state index in [1.807, 2.05) is 0 Å². The van der Waals surface area contributed by atoms with E-state index in [0.717, 1.165) is 0 Å². The van der Waals surface area contributed by atoms with E-state index in [-0.39, 0.29) is 17.7 Å². The second-order valence-corrected chi connectivity index (χ2v) is 9.25. The highest BCUT2D eigenvalue weighted by atomic mass is 32.1. The van der Waals surface area contributed by atoms with E-state index >= 15 is 0 Å². The molecule has 0 aliphatic carbocycles. The maximum Gasteiger partial charge on any atom is 0.338 e. The molecule has 1 atom stereocenters. The summed E-state index contributed by atoms with van der Waals surface area (Å²) in [6.07, 6.45) is 3.18. The molecule has 1 aliphatic rings. The number of aromatic nitrogens is 1. The molecule has 2 aromatic carbocycles. The molecule has 38 heavy (non-hydrogen) atoms. The van der Waals surface area contributed by atoms with E-state index in [9.17, 15) is 14.4 Å². The number of fused-ring (bicyclic) bond motifs is 1. The zero-order chi connectivity index (χ0) is 27.4. The van der Waals surface area contributed by atoms with Gasteiger partial charge in [0.15, 0.2) is 4.80 Å². The van der Waals surface area contributed by atoms with E-state index in [1.165, 1.54) is 28.9 Å². The smallest absolute Gasteiger partial charge is 0.338 e. The third-order valence-corrected chi connectivity index (χ3v) is 6.74. The Morgan fingerprint density at radius 1 is 1.11 bits per heavy atom. The summed E-state index contributed by atoms with van der Waals surface area (Å²) in [5, 5.41) is 0. The Labute approximate surface area is 222 Å². The SMILES string of the molecule is C=CCOC(=O)C1=C(C)N=c2s/c(=C/c3cc(OC)ccc3OC)c(=O)n2C1c1ccc(OC(C)=O)cc1. The summed E-state index contributed by atoms with van der Waals surface area (Å²) < 4.78 is 23.2. The Kier molecular flexibility index (Phi) is 7.92. The van der Waals surface area contributed by atoms with Crippen LogP contribution in [0.2, 0.25) is 0 Å². The lowest BCUT2D eigenvalue weighted by Gasteiger charge is -2.24. The highest BCUT2D eigenvalue weighted by Gasteiger charge is 2.33. The molecule has 1 unspecified atom stereocenters. The van der Waals surface area contributed by atoms with Crippen molar-refractivity contribution in [2.45, 2.75) is 19.9 Å². The van der Waals surface area contributed by atoms with Crippen molar-refractivity contribution in [3.8, 4) is 17.2 Å². The number of allylic oxidation sites excluding steroid dienone is 1. The monoisotopic (exact) mass is 534 g/mol. The van der Waals surface area contributed by atoms with Gasteiger partial charge in [0.2, 0.25) is 0 Å². The van der Waals surface area contributed by atoms with Crippen LogP contribution in [0, 0.1) is 0 Å². The Morgan fingerprint density at radius 2 is 1.82 bits per heavy atom. The zero-order valence-electron chi connectivity index (χ0n) is 21.3. The minimum atomic E-state index is -0.815. The van der Waals surface area contributed by atoms with E-state index in [0.29, 0.717) is 43.4 Å². The van der Waals surface area contributed by atoms with Crippen molar-refractivity contribution in [3.63, 3.8) is 0 Å². The molecular formula is C28H26N2O7S. The van der Waals surface area contributed by atoms with Gasteiger partial charge in [-0.05, 0) is 48.9 Å². The van der Waals surface area contributed by atoms with Crippen molar-refractivity contribution in [1.82, 2.24) is 4.57 Å². The largest absolute Gasteiger partial charge is 0.497 e. The van der Waals surface area contributed by atoms with Crippen molar-refractivity contribution in [2.24, 2.45) is 4.99 Å². The summed E-state index contributed by atoms with van der Waals surface area (Å²) in [4.78, 5) is 43.3. The number of methoxy groups -OCH3 is 2. The van der Waals surface area contributed by atoms with Gasteiger partial charge in [0, 0.05) is 12.5 Å². The molecule has 0 radical (unpaired) electrons. The fourth-order valence-electron chi connectivity index (χ4n) is 4.09. The standard InChI is InChI=1S/C28H26N2O7S/c1-6-13-36-27(33)24-16(2)29-28-30(25(24)18-7-9-20(10-8-18)37-17(3)31)26(32)23(38-28)15-19-14-21(34-4)11-12-22(19)35-5/h6-12,14-15,25H,1,13H2,2-5H3/b23-15+. The number of rotatable bonds is 8. The minimum absolute atomic E-state index is 0.00772. The van der Waals surface area contributed by atoms with Gasteiger partial charge in [0.1, 0.15) is 23.9 Å². The first-order chi connectivity index (χ1) is 18.3. The number of hydrogen-bond donors (Lipinski definition) is 0. The number of hydrogen-bond acceptors (Lipinski definition) is 9. The van der Waals surface area contributed by atoms with Crippen molar-refractivity contribution >= 4 is 29.4 Å². The Balaban J connectivity index is 1.92. The molecule has 3 aromatic rings. The Bertz CT molecular complexity index is 1610. The lowest BCUT2D eigenvalue weighted by atomic mass is 9.96. The molecule has 1 aliphatic heterocycles. The molecule has 196 valence electrons. The quantitative estimate of drug-likeness (QED) is 0.249. The average Bonchev–Trinajstić information content (AvgIpc) is 3.20. The number of esters is 2. The number of ether oxygens (including phenoxy) is 4. The molecule has 0 saturated carbocycles. The predicted molar refractivity (Wildman–Crippen MR) is 142 cm³/mol. The van der Waals surface area contributed by atoms with Crippen LogP contribution in [0.15, 0.2) is 76.2 Å². The zero-order valence-corrected chi connectivity index (χ0v) is 22.2. The molecule has 0 spiro atoms. The van der Waals surface area contributed by atoms with Crippen LogP contribution in [0.25, 0.3) is 6.08 Å². The summed E-state index contributed by atoms with van der Waals surface area (Å²) >= 11 is 1.19. The van der Waals surface area contributed by atoms with Crippen LogP contribution in [-0.2, 0) is 14.3 Å². The molecule has 0 bridgehead atoms. The normalized spacial score (nSPS) is 14.8. The van der Waals surface area contributed by atoms with Crippen LogP contribution in [0.3, 0.4) is 0 Å². The lowest BCUT2D eigenvalue weighted by molar-refractivity contribution is -0.138. The van der Waals surface area contributed by atoms with E-state index in [4.69, 9.17) is 18.9 Å². The van der Waals surface area contributed by atoms with Gasteiger partial charge in [-0.25, -0.2) is 9.79 Å². The molecule has 0 saturated heterocycles. The van der Waals surface area contributed by atoms with Crippen LogP contribution in [0.4, 0.5) is 0 Å². The number of thiazole rings is 1. The second-order valence-electron chi connectivity index (χ2n) is 8.24. The number of carbonyl (C=O) groups excluding carboxylic acids is 2. The second kappa shape index (κ2) is 11.3. The maximum absolute atomic E-state index is 13.8.